The fraction of sp³-hybridized carbons (Fsp3) is 0.357. The molecule has 18 heavy (non-hydrogen) atoms. The molecule has 2 N–H and O–H groups in total. The normalized spacial score (nSPS) is 11.2. The van der Waals surface area contributed by atoms with Gasteiger partial charge in [0, 0.05) is 12.4 Å². The summed E-state index contributed by atoms with van der Waals surface area (Å²) in [5.74, 6) is 0.704. The van der Waals surface area contributed by atoms with Crippen LogP contribution in [0.15, 0.2) is 18.2 Å². The molecule has 4 heteroatoms. The molecular formula is C14H18N2O2. The molecule has 0 unspecified atom stereocenters. The number of carbonyl (C=O) groups is 1. The number of primary amides is 1. The summed E-state index contributed by atoms with van der Waals surface area (Å²) in [4.78, 5) is 11.4. The Morgan fingerprint density at radius 1 is 1.39 bits per heavy atom. The van der Waals surface area contributed by atoms with Gasteiger partial charge in [-0.25, -0.2) is 0 Å². The molecule has 1 aromatic heterocycles. The van der Waals surface area contributed by atoms with Gasteiger partial charge in [-0.05, 0) is 23.6 Å². The Balaban J connectivity index is 2.88. The summed E-state index contributed by atoms with van der Waals surface area (Å²) < 4.78 is 7.19. The third-order valence-electron chi connectivity index (χ3n) is 3.28. The first-order valence-corrected chi connectivity index (χ1v) is 5.93. The second kappa shape index (κ2) is 4.37. The quantitative estimate of drug-likeness (QED) is 0.904. The Kier molecular flexibility index (Phi) is 3.03. The molecule has 0 spiro atoms. The first kappa shape index (κ1) is 12.5. The molecule has 0 atom stereocenters. The lowest BCUT2D eigenvalue weighted by molar-refractivity contribution is 0.0993. The second-order valence-corrected chi connectivity index (χ2v) is 4.73. The van der Waals surface area contributed by atoms with Gasteiger partial charge in [-0.2, -0.15) is 0 Å². The highest BCUT2D eigenvalue weighted by Crippen LogP contribution is 2.34. The molecule has 96 valence electrons. The van der Waals surface area contributed by atoms with Crippen LogP contribution in [0.25, 0.3) is 10.9 Å². The Hall–Kier alpha value is -1.97. The summed E-state index contributed by atoms with van der Waals surface area (Å²) in [6, 6.07) is 5.77. The highest BCUT2D eigenvalue weighted by Gasteiger charge is 2.17. The molecule has 0 aliphatic heterocycles. The van der Waals surface area contributed by atoms with E-state index in [1.807, 2.05) is 23.7 Å². The maximum Gasteiger partial charge on any atom is 0.265 e. The van der Waals surface area contributed by atoms with Crippen LogP contribution in [0.4, 0.5) is 0 Å². The molecule has 0 aliphatic rings. The number of methoxy groups -OCH3 is 1. The number of rotatable bonds is 3. The molecular weight excluding hydrogens is 228 g/mol. The third-order valence-corrected chi connectivity index (χ3v) is 3.28. The van der Waals surface area contributed by atoms with Gasteiger partial charge in [0.25, 0.3) is 5.91 Å². The molecule has 0 radical (unpaired) electrons. The van der Waals surface area contributed by atoms with Gasteiger partial charge in [0.1, 0.15) is 11.4 Å². The Labute approximate surface area is 106 Å². The van der Waals surface area contributed by atoms with E-state index in [-0.39, 0.29) is 0 Å². The van der Waals surface area contributed by atoms with Crippen molar-refractivity contribution in [2.24, 2.45) is 12.8 Å². The van der Waals surface area contributed by atoms with E-state index in [1.54, 1.807) is 13.2 Å². The van der Waals surface area contributed by atoms with Crippen molar-refractivity contribution in [2.75, 3.05) is 7.11 Å². The number of carbonyl (C=O) groups excluding carboxylic acids is 1. The average molecular weight is 246 g/mol. The predicted octanol–water partition coefficient (Wildman–Crippen LogP) is 2.41. The Morgan fingerprint density at radius 2 is 2.06 bits per heavy atom. The summed E-state index contributed by atoms with van der Waals surface area (Å²) in [5, 5.41) is 0.931. The van der Waals surface area contributed by atoms with Gasteiger partial charge >= 0.3 is 0 Å². The minimum absolute atomic E-state index is 0.368. The van der Waals surface area contributed by atoms with E-state index >= 15 is 0 Å². The van der Waals surface area contributed by atoms with E-state index in [0.29, 0.717) is 11.6 Å². The Bertz CT molecular complexity index is 612. The first-order valence-electron chi connectivity index (χ1n) is 5.93. The highest BCUT2D eigenvalue weighted by atomic mass is 16.5. The maximum absolute atomic E-state index is 11.4. The number of fused-ring (bicyclic) bond motifs is 1. The van der Waals surface area contributed by atoms with E-state index in [0.717, 1.165) is 16.7 Å². The monoisotopic (exact) mass is 246 g/mol. The largest absolute Gasteiger partial charge is 0.496 e. The topological polar surface area (TPSA) is 57.2 Å². The maximum atomic E-state index is 11.4. The van der Waals surface area contributed by atoms with Crippen molar-refractivity contribution in [1.29, 1.82) is 0 Å². The fourth-order valence-electron chi connectivity index (χ4n) is 2.35. The summed E-state index contributed by atoms with van der Waals surface area (Å²) in [6.07, 6.45) is 0. The van der Waals surface area contributed by atoms with Gasteiger partial charge in [0.15, 0.2) is 0 Å². The minimum Gasteiger partial charge on any atom is -0.496 e. The molecule has 2 aromatic rings. The molecule has 1 aromatic carbocycles. The van der Waals surface area contributed by atoms with Gasteiger partial charge in [0.2, 0.25) is 0 Å². The van der Waals surface area contributed by atoms with Crippen LogP contribution in [0.3, 0.4) is 0 Å². The number of ether oxygens (including phenoxy) is 1. The van der Waals surface area contributed by atoms with Crippen molar-refractivity contribution < 1.29 is 9.53 Å². The standard InChI is InChI=1S/C14H18N2O2/c1-8(2)9-5-6-12(18-4)10-7-11(14(15)17)16(3)13(9)10/h5-8H,1-4H3,(H2,15,17). The first-order chi connectivity index (χ1) is 8.47. The molecule has 0 saturated heterocycles. The van der Waals surface area contributed by atoms with Crippen LogP contribution in [0.5, 0.6) is 5.75 Å². The molecule has 0 bridgehead atoms. The number of hydrogen-bond acceptors (Lipinski definition) is 2. The number of aromatic nitrogens is 1. The van der Waals surface area contributed by atoms with E-state index in [4.69, 9.17) is 10.5 Å². The summed E-state index contributed by atoms with van der Waals surface area (Å²) in [6.45, 7) is 4.25. The SMILES string of the molecule is COc1ccc(C(C)C)c2c1cc(C(N)=O)n2C. The molecule has 1 heterocycles. The zero-order chi connectivity index (χ0) is 13.4. The molecule has 1 amide bonds. The zero-order valence-electron chi connectivity index (χ0n) is 11.2. The molecule has 0 aliphatic carbocycles. The van der Waals surface area contributed by atoms with Crippen LogP contribution in [-0.4, -0.2) is 17.6 Å². The van der Waals surface area contributed by atoms with E-state index < -0.39 is 5.91 Å². The van der Waals surface area contributed by atoms with Gasteiger partial charge in [0.05, 0.1) is 12.6 Å². The third kappa shape index (κ3) is 1.74. The van der Waals surface area contributed by atoms with E-state index in [1.165, 1.54) is 5.56 Å². The number of benzene rings is 1. The van der Waals surface area contributed by atoms with Crippen LogP contribution >= 0.6 is 0 Å². The van der Waals surface area contributed by atoms with Crippen molar-refractivity contribution >= 4 is 16.8 Å². The van der Waals surface area contributed by atoms with Crippen LogP contribution in [0, 0.1) is 0 Å². The smallest absolute Gasteiger partial charge is 0.265 e. The molecule has 2 rings (SSSR count). The number of amides is 1. The molecule has 0 fully saturated rings. The van der Waals surface area contributed by atoms with E-state index in [2.05, 4.69) is 13.8 Å². The number of hydrogen-bond donors (Lipinski definition) is 1. The van der Waals surface area contributed by atoms with Crippen LogP contribution in [0.1, 0.15) is 35.8 Å². The fourth-order valence-corrected chi connectivity index (χ4v) is 2.35. The summed E-state index contributed by atoms with van der Waals surface area (Å²) in [7, 11) is 3.48. The van der Waals surface area contributed by atoms with Crippen molar-refractivity contribution in [3.05, 3.63) is 29.5 Å². The van der Waals surface area contributed by atoms with Crippen LogP contribution < -0.4 is 10.5 Å². The molecule has 0 saturated carbocycles. The lowest BCUT2D eigenvalue weighted by atomic mass is 10.0. The summed E-state index contributed by atoms with van der Waals surface area (Å²) in [5.41, 5.74) is 8.09. The number of nitrogens with two attached hydrogens (primary N) is 1. The predicted molar refractivity (Wildman–Crippen MR) is 72.1 cm³/mol. The van der Waals surface area contributed by atoms with Crippen LogP contribution in [0.2, 0.25) is 0 Å². The van der Waals surface area contributed by atoms with Gasteiger partial charge in [-0.15, -0.1) is 0 Å². The second-order valence-electron chi connectivity index (χ2n) is 4.73. The number of aryl methyl sites for hydroxylation is 1. The summed E-state index contributed by atoms with van der Waals surface area (Å²) >= 11 is 0. The van der Waals surface area contributed by atoms with Gasteiger partial charge in [-0.1, -0.05) is 19.9 Å². The molecule has 4 nitrogen and oxygen atoms in total. The van der Waals surface area contributed by atoms with Crippen molar-refractivity contribution in [3.8, 4) is 5.75 Å². The lowest BCUT2D eigenvalue weighted by Gasteiger charge is -2.12. The van der Waals surface area contributed by atoms with E-state index in [9.17, 15) is 4.79 Å². The number of nitrogens with zero attached hydrogens (tertiary/aromatic N) is 1. The van der Waals surface area contributed by atoms with Crippen molar-refractivity contribution in [1.82, 2.24) is 4.57 Å². The van der Waals surface area contributed by atoms with Crippen molar-refractivity contribution in [2.45, 2.75) is 19.8 Å². The van der Waals surface area contributed by atoms with Gasteiger partial charge in [-0.3, -0.25) is 4.79 Å². The zero-order valence-corrected chi connectivity index (χ0v) is 11.2. The van der Waals surface area contributed by atoms with Crippen LogP contribution in [-0.2, 0) is 7.05 Å². The van der Waals surface area contributed by atoms with Gasteiger partial charge < -0.3 is 15.0 Å². The van der Waals surface area contributed by atoms with Crippen molar-refractivity contribution in [3.63, 3.8) is 0 Å². The Morgan fingerprint density at radius 3 is 2.56 bits per heavy atom. The lowest BCUT2D eigenvalue weighted by Crippen LogP contribution is -2.15. The highest BCUT2D eigenvalue weighted by molar-refractivity contribution is 6.00. The average Bonchev–Trinajstić information content (AvgIpc) is 2.66. The minimum atomic E-state index is -0.426.